The molecule has 1 aliphatic rings. The fourth-order valence-corrected chi connectivity index (χ4v) is 2.99. The van der Waals surface area contributed by atoms with Crippen molar-refractivity contribution in [2.45, 2.75) is 25.6 Å². The molecule has 8 heteroatoms. The van der Waals surface area contributed by atoms with Crippen LogP contribution < -0.4 is 5.32 Å². The minimum atomic E-state index is -1.02. The average Bonchev–Trinajstić information content (AvgIpc) is 3.13. The van der Waals surface area contributed by atoms with E-state index in [1.807, 2.05) is 17.5 Å². The van der Waals surface area contributed by atoms with Crippen LogP contribution in [0.4, 0.5) is 4.79 Å². The number of carboxylic acids is 1. The highest BCUT2D eigenvalue weighted by molar-refractivity contribution is 7.09. The zero-order valence-electron chi connectivity index (χ0n) is 11.1. The second-order valence-electron chi connectivity index (χ2n) is 4.75. The molecule has 2 amide bonds. The molecule has 3 heterocycles. The number of aliphatic carboxylic acids is 1. The first-order valence-corrected chi connectivity index (χ1v) is 7.34. The van der Waals surface area contributed by atoms with E-state index < -0.39 is 12.0 Å². The Balaban J connectivity index is 1.72. The van der Waals surface area contributed by atoms with Gasteiger partial charge in [0, 0.05) is 11.3 Å². The molecule has 21 heavy (non-hydrogen) atoms. The minimum absolute atomic E-state index is 0.223. The van der Waals surface area contributed by atoms with Crippen molar-refractivity contribution in [2.24, 2.45) is 0 Å². The lowest BCUT2D eigenvalue weighted by Crippen LogP contribution is -2.52. The first kappa shape index (κ1) is 13.6. The Labute approximate surface area is 124 Å². The maximum absolute atomic E-state index is 12.3. The number of hydrogen-bond donors (Lipinski definition) is 3. The standard InChI is InChI=1S/C13H14N4O3S/c18-12(19)11-4-9-10(16-7-15-9)6-17(11)13(20)14-5-8-2-1-3-21-8/h1-3,7,11H,4-6H2,(H,14,20)(H,15,16)(H,18,19). The van der Waals surface area contributed by atoms with Crippen molar-refractivity contribution < 1.29 is 14.7 Å². The normalized spacial score (nSPS) is 17.3. The number of urea groups is 1. The molecular weight excluding hydrogens is 292 g/mol. The number of hydrogen-bond acceptors (Lipinski definition) is 4. The molecule has 0 spiro atoms. The Bertz CT molecular complexity index is 652. The predicted molar refractivity (Wildman–Crippen MR) is 75.8 cm³/mol. The van der Waals surface area contributed by atoms with E-state index in [1.54, 1.807) is 11.3 Å². The van der Waals surface area contributed by atoms with Crippen LogP contribution in [0.1, 0.15) is 16.3 Å². The number of H-pyrrole nitrogens is 1. The third kappa shape index (κ3) is 2.75. The Hall–Kier alpha value is -2.35. The maximum Gasteiger partial charge on any atom is 0.326 e. The van der Waals surface area contributed by atoms with Gasteiger partial charge in [-0.05, 0) is 11.4 Å². The lowest BCUT2D eigenvalue weighted by Gasteiger charge is -2.32. The lowest BCUT2D eigenvalue weighted by atomic mass is 10.0. The number of thiophene rings is 1. The second-order valence-corrected chi connectivity index (χ2v) is 5.78. The van der Waals surface area contributed by atoms with E-state index >= 15 is 0 Å². The second kappa shape index (κ2) is 5.57. The molecule has 0 bridgehead atoms. The maximum atomic E-state index is 12.3. The van der Waals surface area contributed by atoms with E-state index in [0.29, 0.717) is 12.2 Å². The number of nitrogens with zero attached hydrogens (tertiary/aromatic N) is 2. The average molecular weight is 306 g/mol. The van der Waals surface area contributed by atoms with Crippen molar-refractivity contribution in [3.8, 4) is 0 Å². The molecule has 7 nitrogen and oxygen atoms in total. The summed E-state index contributed by atoms with van der Waals surface area (Å²) in [5.41, 5.74) is 1.50. The SMILES string of the molecule is O=C(O)C1Cc2nc[nH]c2CN1C(=O)NCc1cccs1. The largest absolute Gasteiger partial charge is 0.480 e. The molecule has 0 fully saturated rings. The highest BCUT2D eigenvalue weighted by Crippen LogP contribution is 2.21. The summed E-state index contributed by atoms with van der Waals surface area (Å²) in [5, 5.41) is 14.0. The van der Waals surface area contributed by atoms with E-state index in [1.165, 1.54) is 11.2 Å². The lowest BCUT2D eigenvalue weighted by molar-refractivity contribution is -0.142. The minimum Gasteiger partial charge on any atom is -0.480 e. The predicted octanol–water partition coefficient (Wildman–Crippen LogP) is 1.19. The summed E-state index contributed by atoms with van der Waals surface area (Å²) < 4.78 is 0. The number of nitrogens with one attached hydrogen (secondary N) is 2. The fourth-order valence-electron chi connectivity index (χ4n) is 2.35. The Morgan fingerprint density at radius 1 is 1.57 bits per heavy atom. The van der Waals surface area contributed by atoms with Crippen LogP contribution in [0.3, 0.4) is 0 Å². The summed E-state index contributed by atoms with van der Waals surface area (Å²) in [6, 6.07) is 2.56. The number of aromatic amines is 1. The Kier molecular flexibility index (Phi) is 3.61. The van der Waals surface area contributed by atoms with Crippen molar-refractivity contribution >= 4 is 23.3 Å². The van der Waals surface area contributed by atoms with Crippen LogP contribution in [0.2, 0.25) is 0 Å². The molecule has 1 atom stereocenters. The molecule has 0 aliphatic carbocycles. The van der Waals surface area contributed by atoms with Gasteiger partial charge in [0.1, 0.15) is 6.04 Å². The van der Waals surface area contributed by atoms with Gasteiger partial charge in [-0.3, -0.25) is 0 Å². The Morgan fingerprint density at radius 3 is 3.14 bits per heavy atom. The molecule has 0 aromatic carbocycles. The van der Waals surface area contributed by atoms with E-state index in [0.717, 1.165) is 10.6 Å². The van der Waals surface area contributed by atoms with Gasteiger partial charge in [0.25, 0.3) is 0 Å². The highest BCUT2D eigenvalue weighted by Gasteiger charge is 2.35. The topological polar surface area (TPSA) is 98.3 Å². The van der Waals surface area contributed by atoms with Gasteiger partial charge in [0.2, 0.25) is 0 Å². The van der Waals surface area contributed by atoms with Gasteiger partial charge in [0.05, 0.1) is 30.8 Å². The highest BCUT2D eigenvalue weighted by atomic mass is 32.1. The summed E-state index contributed by atoms with van der Waals surface area (Å²) in [6.45, 7) is 0.623. The fraction of sp³-hybridized carbons (Fsp3) is 0.308. The van der Waals surface area contributed by atoms with E-state index in [2.05, 4.69) is 15.3 Å². The van der Waals surface area contributed by atoms with Crippen molar-refractivity contribution in [3.63, 3.8) is 0 Å². The van der Waals surface area contributed by atoms with Gasteiger partial charge in [-0.15, -0.1) is 11.3 Å². The number of aromatic nitrogens is 2. The first-order valence-electron chi connectivity index (χ1n) is 6.46. The molecule has 3 rings (SSSR count). The molecule has 2 aromatic rings. The monoisotopic (exact) mass is 306 g/mol. The van der Waals surface area contributed by atoms with Crippen molar-refractivity contribution in [1.82, 2.24) is 20.2 Å². The number of rotatable bonds is 3. The van der Waals surface area contributed by atoms with Crippen LogP contribution in [-0.4, -0.2) is 38.0 Å². The van der Waals surface area contributed by atoms with Gasteiger partial charge in [-0.25, -0.2) is 14.6 Å². The van der Waals surface area contributed by atoms with E-state index in [4.69, 9.17) is 0 Å². The molecule has 0 radical (unpaired) electrons. The number of imidazole rings is 1. The van der Waals surface area contributed by atoms with Crippen molar-refractivity contribution in [2.75, 3.05) is 0 Å². The third-order valence-electron chi connectivity index (χ3n) is 3.44. The quantitative estimate of drug-likeness (QED) is 0.793. The van der Waals surface area contributed by atoms with Gasteiger partial charge in [-0.2, -0.15) is 0 Å². The van der Waals surface area contributed by atoms with Crippen molar-refractivity contribution in [1.29, 1.82) is 0 Å². The number of carboxylic acid groups (broad SMARTS) is 1. The Morgan fingerprint density at radius 2 is 2.43 bits per heavy atom. The van der Waals surface area contributed by atoms with Gasteiger partial charge in [0.15, 0.2) is 0 Å². The molecule has 2 aromatic heterocycles. The van der Waals surface area contributed by atoms with E-state index in [-0.39, 0.29) is 19.0 Å². The third-order valence-corrected chi connectivity index (χ3v) is 4.32. The summed E-state index contributed by atoms with van der Waals surface area (Å²) in [5.74, 6) is -1.02. The van der Waals surface area contributed by atoms with Gasteiger partial charge in [-0.1, -0.05) is 6.07 Å². The first-order chi connectivity index (χ1) is 10.1. The number of fused-ring (bicyclic) bond motifs is 1. The van der Waals surface area contributed by atoms with E-state index in [9.17, 15) is 14.7 Å². The number of amides is 2. The van der Waals surface area contributed by atoms with Crippen LogP contribution in [0, 0.1) is 0 Å². The molecule has 0 saturated carbocycles. The molecule has 0 saturated heterocycles. The number of carbonyl (C=O) groups is 2. The van der Waals surface area contributed by atoms with Crippen molar-refractivity contribution in [3.05, 3.63) is 40.1 Å². The smallest absolute Gasteiger partial charge is 0.326 e. The van der Waals surface area contributed by atoms with Crippen LogP contribution in [-0.2, 0) is 24.3 Å². The van der Waals surface area contributed by atoms with Crippen LogP contribution in [0.5, 0.6) is 0 Å². The zero-order valence-corrected chi connectivity index (χ0v) is 11.9. The number of carbonyl (C=O) groups excluding carboxylic acids is 1. The van der Waals surface area contributed by atoms with Crippen LogP contribution in [0.15, 0.2) is 23.8 Å². The van der Waals surface area contributed by atoms with Gasteiger partial charge < -0.3 is 20.3 Å². The molecule has 1 unspecified atom stereocenters. The molecular formula is C13H14N4O3S. The van der Waals surface area contributed by atoms with Crippen LogP contribution >= 0.6 is 11.3 Å². The molecule has 110 valence electrons. The zero-order chi connectivity index (χ0) is 14.8. The summed E-state index contributed by atoms with van der Waals surface area (Å²) in [7, 11) is 0. The summed E-state index contributed by atoms with van der Waals surface area (Å²) >= 11 is 1.54. The molecule has 1 aliphatic heterocycles. The molecule has 3 N–H and O–H groups in total. The van der Waals surface area contributed by atoms with Crippen LogP contribution in [0.25, 0.3) is 0 Å². The summed E-state index contributed by atoms with van der Waals surface area (Å²) in [4.78, 5) is 33.0. The summed E-state index contributed by atoms with van der Waals surface area (Å²) in [6.07, 6.45) is 1.75. The van der Waals surface area contributed by atoms with Gasteiger partial charge >= 0.3 is 12.0 Å².